The zero-order chi connectivity index (χ0) is 9.68. The average Bonchev–Trinajstić information content (AvgIpc) is 2.57. The van der Waals surface area contributed by atoms with Crippen molar-refractivity contribution < 1.29 is 14.3 Å². The van der Waals surface area contributed by atoms with E-state index in [-0.39, 0.29) is 0 Å². The Bertz CT molecular complexity index is 258. The molecule has 4 N–H and O–H groups in total. The van der Waals surface area contributed by atoms with Gasteiger partial charge in [0, 0.05) is 13.1 Å². The van der Waals surface area contributed by atoms with Crippen LogP contribution in [0.25, 0.3) is 0 Å². The molecule has 1 aromatic rings. The van der Waals surface area contributed by atoms with E-state index in [9.17, 15) is 4.79 Å². The van der Waals surface area contributed by atoms with Crippen LogP contribution in [0, 0.1) is 0 Å². The molecule has 0 saturated carbocycles. The monoisotopic (exact) mass is 184 g/mol. The molecule has 5 nitrogen and oxygen atoms in total. The smallest absolute Gasteiger partial charge is 0.328 e. The molecule has 0 saturated heterocycles. The first-order valence-corrected chi connectivity index (χ1v) is 3.95. The summed E-state index contributed by atoms with van der Waals surface area (Å²) in [5.41, 5.74) is 5.24. The molecule has 0 aliphatic rings. The van der Waals surface area contributed by atoms with Gasteiger partial charge in [0.2, 0.25) is 0 Å². The molecule has 1 atom stereocenters. The van der Waals surface area contributed by atoms with Crippen molar-refractivity contribution in [2.75, 3.05) is 13.1 Å². The van der Waals surface area contributed by atoms with E-state index in [2.05, 4.69) is 5.32 Å². The van der Waals surface area contributed by atoms with E-state index >= 15 is 0 Å². The zero-order valence-electron chi connectivity index (χ0n) is 7.06. The summed E-state index contributed by atoms with van der Waals surface area (Å²) in [5, 5.41) is 11.6. The maximum absolute atomic E-state index is 10.7. The number of aliphatic carboxylic acids is 1. The Hall–Kier alpha value is -1.33. The first-order valence-electron chi connectivity index (χ1n) is 3.95. The van der Waals surface area contributed by atoms with Gasteiger partial charge in [-0.1, -0.05) is 0 Å². The summed E-state index contributed by atoms with van der Waals surface area (Å²) in [6.07, 6.45) is 1.44. The summed E-state index contributed by atoms with van der Waals surface area (Å²) in [5.74, 6) is -0.579. The van der Waals surface area contributed by atoms with Crippen LogP contribution in [0.4, 0.5) is 0 Å². The van der Waals surface area contributed by atoms with Crippen molar-refractivity contribution in [3.63, 3.8) is 0 Å². The summed E-state index contributed by atoms with van der Waals surface area (Å²) in [7, 11) is 0. The van der Waals surface area contributed by atoms with Gasteiger partial charge in [0.25, 0.3) is 0 Å². The molecule has 0 fully saturated rings. The molecule has 0 amide bonds. The molecule has 0 radical (unpaired) electrons. The molecule has 13 heavy (non-hydrogen) atoms. The molecule has 0 aromatic carbocycles. The van der Waals surface area contributed by atoms with E-state index in [4.69, 9.17) is 15.3 Å². The lowest BCUT2D eigenvalue weighted by molar-refractivity contribution is -0.140. The summed E-state index contributed by atoms with van der Waals surface area (Å²) in [6.45, 7) is 0.835. The normalized spacial score (nSPS) is 12.7. The van der Waals surface area contributed by atoms with Crippen LogP contribution in [0.2, 0.25) is 0 Å². The number of hydrogen-bond donors (Lipinski definition) is 3. The van der Waals surface area contributed by atoms with E-state index in [1.54, 1.807) is 12.1 Å². The van der Waals surface area contributed by atoms with E-state index in [0.29, 0.717) is 18.8 Å². The first kappa shape index (κ1) is 9.76. The fourth-order valence-corrected chi connectivity index (χ4v) is 0.993. The highest BCUT2D eigenvalue weighted by molar-refractivity contribution is 5.74. The van der Waals surface area contributed by atoms with Crippen LogP contribution in [0.1, 0.15) is 11.8 Å². The van der Waals surface area contributed by atoms with Crippen molar-refractivity contribution >= 4 is 5.97 Å². The molecule has 0 aliphatic carbocycles. The zero-order valence-corrected chi connectivity index (χ0v) is 7.06. The molecular formula is C8H12N2O3. The highest BCUT2D eigenvalue weighted by atomic mass is 16.4. The molecule has 1 rings (SSSR count). The summed E-state index contributed by atoms with van der Waals surface area (Å²) >= 11 is 0. The fraction of sp³-hybridized carbons (Fsp3) is 0.375. The summed E-state index contributed by atoms with van der Waals surface area (Å²) < 4.78 is 4.97. The number of carboxylic acid groups (broad SMARTS) is 1. The number of nitrogens with two attached hydrogens (primary N) is 1. The van der Waals surface area contributed by atoms with Crippen LogP contribution in [0.15, 0.2) is 22.8 Å². The summed E-state index contributed by atoms with van der Waals surface area (Å²) in [6, 6.07) is 2.45. The second kappa shape index (κ2) is 4.64. The Balaban J connectivity index is 2.63. The Morgan fingerprint density at radius 1 is 1.77 bits per heavy atom. The van der Waals surface area contributed by atoms with Crippen molar-refractivity contribution in [2.45, 2.75) is 6.04 Å². The maximum Gasteiger partial charge on any atom is 0.328 e. The van der Waals surface area contributed by atoms with E-state index < -0.39 is 12.0 Å². The maximum atomic E-state index is 10.7. The number of carboxylic acids is 1. The largest absolute Gasteiger partial charge is 0.480 e. The molecule has 72 valence electrons. The lowest BCUT2D eigenvalue weighted by atomic mass is 10.2. The van der Waals surface area contributed by atoms with Gasteiger partial charge in [-0.2, -0.15) is 0 Å². The van der Waals surface area contributed by atoms with Gasteiger partial charge in [-0.3, -0.25) is 10.1 Å². The van der Waals surface area contributed by atoms with Crippen molar-refractivity contribution in [1.29, 1.82) is 0 Å². The van der Waals surface area contributed by atoms with Crippen LogP contribution < -0.4 is 11.1 Å². The number of rotatable bonds is 5. The third-order valence-corrected chi connectivity index (χ3v) is 1.57. The Kier molecular flexibility index (Phi) is 3.48. The fourth-order valence-electron chi connectivity index (χ4n) is 0.993. The van der Waals surface area contributed by atoms with Gasteiger partial charge in [0.15, 0.2) is 6.04 Å². The van der Waals surface area contributed by atoms with Crippen molar-refractivity contribution in [3.05, 3.63) is 24.2 Å². The van der Waals surface area contributed by atoms with Gasteiger partial charge in [0.1, 0.15) is 5.76 Å². The molecule has 1 heterocycles. The van der Waals surface area contributed by atoms with E-state index in [1.165, 1.54) is 6.26 Å². The minimum absolute atomic E-state index is 0.390. The predicted octanol–water partition coefficient (Wildman–Crippen LogP) is -0.0464. The second-order valence-corrected chi connectivity index (χ2v) is 2.53. The van der Waals surface area contributed by atoms with Crippen molar-refractivity contribution in [1.82, 2.24) is 5.32 Å². The third kappa shape index (κ3) is 2.57. The van der Waals surface area contributed by atoms with E-state index in [0.717, 1.165) is 0 Å². The highest BCUT2D eigenvalue weighted by Gasteiger charge is 2.20. The number of carbonyl (C=O) groups is 1. The summed E-state index contributed by atoms with van der Waals surface area (Å²) in [4.78, 5) is 10.7. The molecule has 0 bridgehead atoms. The molecular weight excluding hydrogens is 172 g/mol. The van der Waals surface area contributed by atoms with Gasteiger partial charge in [0.05, 0.1) is 6.26 Å². The van der Waals surface area contributed by atoms with Gasteiger partial charge >= 0.3 is 5.97 Å². The van der Waals surface area contributed by atoms with Crippen molar-refractivity contribution in [3.8, 4) is 0 Å². The minimum Gasteiger partial charge on any atom is -0.480 e. The predicted molar refractivity (Wildman–Crippen MR) is 46.1 cm³/mol. The minimum atomic E-state index is -0.969. The lowest BCUT2D eigenvalue weighted by Gasteiger charge is -2.10. The molecule has 1 unspecified atom stereocenters. The van der Waals surface area contributed by atoms with Crippen LogP contribution in [-0.4, -0.2) is 24.2 Å². The standard InChI is InChI=1S/C8H12N2O3/c9-3-4-10-7(8(11)12)6-2-1-5-13-6/h1-2,5,7,10H,3-4,9H2,(H,11,12). The van der Waals surface area contributed by atoms with E-state index in [1.807, 2.05) is 0 Å². The Labute approximate surface area is 75.5 Å². The van der Waals surface area contributed by atoms with Crippen LogP contribution in [-0.2, 0) is 4.79 Å². The third-order valence-electron chi connectivity index (χ3n) is 1.57. The van der Waals surface area contributed by atoms with Gasteiger partial charge in [-0.15, -0.1) is 0 Å². The lowest BCUT2D eigenvalue weighted by Crippen LogP contribution is -2.32. The Morgan fingerprint density at radius 2 is 2.54 bits per heavy atom. The second-order valence-electron chi connectivity index (χ2n) is 2.53. The van der Waals surface area contributed by atoms with Crippen LogP contribution >= 0.6 is 0 Å². The average molecular weight is 184 g/mol. The topological polar surface area (TPSA) is 88.5 Å². The Morgan fingerprint density at radius 3 is 3.00 bits per heavy atom. The molecule has 1 aromatic heterocycles. The SMILES string of the molecule is NCCNC(C(=O)O)c1ccco1. The number of nitrogens with one attached hydrogen (secondary N) is 1. The van der Waals surface area contributed by atoms with Crippen molar-refractivity contribution in [2.24, 2.45) is 5.73 Å². The van der Waals surface area contributed by atoms with Gasteiger partial charge in [-0.25, -0.2) is 0 Å². The highest BCUT2D eigenvalue weighted by Crippen LogP contribution is 2.12. The first-order chi connectivity index (χ1) is 6.25. The molecule has 0 spiro atoms. The number of furan rings is 1. The molecule has 0 aliphatic heterocycles. The van der Waals surface area contributed by atoms with Gasteiger partial charge < -0.3 is 15.3 Å². The quantitative estimate of drug-likeness (QED) is 0.597. The molecule has 5 heteroatoms. The van der Waals surface area contributed by atoms with Crippen LogP contribution in [0.5, 0.6) is 0 Å². The van der Waals surface area contributed by atoms with Crippen LogP contribution in [0.3, 0.4) is 0 Å². The van der Waals surface area contributed by atoms with Gasteiger partial charge in [-0.05, 0) is 12.1 Å². The number of hydrogen-bond acceptors (Lipinski definition) is 4.